The quantitative estimate of drug-likeness (QED) is 0.178. The van der Waals surface area contributed by atoms with E-state index in [0.717, 1.165) is 11.3 Å². The second-order valence-electron chi connectivity index (χ2n) is 7.56. The van der Waals surface area contributed by atoms with Crippen LogP contribution in [0.25, 0.3) is 0 Å². The highest BCUT2D eigenvalue weighted by Gasteiger charge is 2.60. The minimum atomic E-state index is -1.12. The number of hydrogen-bond donors (Lipinski definition) is 0. The van der Waals surface area contributed by atoms with Crippen LogP contribution in [0.3, 0.4) is 0 Å². The van der Waals surface area contributed by atoms with Gasteiger partial charge < -0.3 is 4.74 Å². The number of esters is 1. The zero-order valence-corrected chi connectivity index (χ0v) is 15.5. The zero-order valence-electron chi connectivity index (χ0n) is 15.5. The predicted octanol–water partition coefficient (Wildman–Crippen LogP) is 1.52. The van der Waals surface area contributed by atoms with E-state index in [1.807, 2.05) is 12.2 Å². The number of allylic oxidation sites excluding steroid dienone is 2. The molecule has 2 bridgehead atoms. The summed E-state index contributed by atoms with van der Waals surface area (Å²) in [5.41, 5.74) is -0.00575. The number of non-ortho nitro benzene ring substituents is 1. The summed E-state index contributed by atoms with van der Waals surface area (Å²) < 4.78 is 5.01. The van der Waals surface area contributed by atoms with Gasteiger partial charge in [-0.1, -0.05) is 12.2 Å². The third-order valence-corrected chi connectivity index (χ3v) is 5.98. The average Bonchev–Trinajstić information content (AvgIpc) is 3.39. The average molecular weight is 398 g/mol. The van der Waals surface area contributed by atoms with E-state index in [2.05, 4.69) is 0 Å². The summed E-state index contributed by atoms with van der Waals surface area (Å²) in [5.74, 6) is -2.84. The van der Waals surface area contributed by atoms with Crippen molar-refractivity contribution in [1.29, 1.82) is 0 Å². The Bertz CT molecular complexity index is 922. The Hall–Kier alpha value is -3.36. The van der Waals surface area contributed by atoms with Crippen molar-refractivity contribution in [2.24, 2.45) is 23.7 Å². The van der Waals surface area contributed by atoms with Crippen molar-refractivity contribution in [1.82, 2.24) is 4.90 Å². The van der Waals surface area contributed by atoms with Crippen LogP contribution in [0.1, 0.15) is 23.7 Å². The molecule has 1 aromatic carbocycles. The third kappa shape index (κ3) is 3.02. The molecule has 0 aromatic heterocycles. The molecule has 0 radical (unpaired) electrons. The van der Waals surface area contributed by atoms with Crippen molar-refractivity contribution >= 4 is 29.3 Å². The smallest absolute Gasteiger partial charge is 0.329 e. The van der Waals surface area contributed by atoms with E-state index in [-0.39, 0.29) is 34.9 Å². The van der Waals surface area contributed by atoms with Gasteiger partial charge in [-0.15, -0.1) is 0 Å². The molecule has 2 aliphatic carbocycles. The fourth-order valence-corrected chi connectivity index (χ4v) is 4.52. The SMILES string of the molecule is C[C@H](C(=O)OCC(=O)c1ccc([N+](=O)[O-])cc1)N1C(=O)[C@@H]2[C@@H](C1=O)[C@H]1C=C[C@@H]2C1. The Morgan fingerprint density at radius 1 is 1.14 bits per heavy atom. The Kier molecular flexibility index (Phi) is 4.52. The van der Waals surface area contributed by atoms with E-state index in [9.17, 15) is 29.3 Å². The van der Waals surface area contributed by atoms with Gasteiger partial charge in [-0.3, -0.25) is 29.4 Å². The largest absolute Gasteiger partial charge is 0.456 e. The number of amides is 2. The van der Waals surface area contributed by atoms with Crippen LogP contribution in [-0.2, 0) is 19.1 Å². The zero-order chi connectivity index (χ0) is 20.9. The maximum absolute atomic E-state index is 12.7. The fourth-order valence-electron chi connectivity index (χ4n) is 4.52. The maximum atomic E-state index is 12.7. The van der Waals surface area contributed by atoms with Crippen molar-refractivity contribution in [3.05, 3.63) is 52.1 Å². The van der Waals surface area contributed by atoms with Gasteiger partial charge in [-0.05, 0) is 37.3 Å². The molecule has 5 atom stereocenters. The van der Waals surface area contributed by atoms with Crippen LogP contribution < -0.4 is 0 Å². The van der Waals surface area contributed by atoms with Crippen LogP contribution in [0, 0.1) is 33.8 Å². The topological polar surface area (TPSA) is 124 Å². The molecule has 1 heterocycles. The lowest BCUT2D eigenvalue weighted by Crippen LogP contribution is -2.45. The highest BCUT2D eigenvalue weighted by molar-refractivity contribution is 6.09. The number of fused-ring (bicyclic) bond motifs is 5. The van der Waals surface area contributed by atoms with Crippen molar-refractivity contribution in [2.75, 3.05) is 6.61 Å². The Labute approximate surface area is 165 Å². The number of Topliss-reactive ketones (excluding diaryl/α,β-unsaturated/α-hetero) is 1. The van der Waals surface area contributed by atoms with E-state index in [0.29, 0.717) is 0 Å². The number of imide groups is 1. The van der Waals surface area contributed by atoms with Gasteiger partial charge in [0.2, 0.25) is 11.8 Å². The minimum absolute atomic E-state index is 0.0402. The van der Waals surface area contributed by atoms with Crippen molar-refractivity contribution in [2.45, 2.75) is 19.4 Å². The molecule has 0 unspecified atom stereocenters. The molecule has 1 aliphatic heterocycles. The van der Waals surface area contributed by atoms with Gasteiger partial charge in [0.1, 0.15) is 6.04 Å². The molecule has 9 nitrogen and oxygen atoms in total. The van der Waals surface area contributed by atoms with E-state index in [1.165, 1.54) is 31.2 Å². The molecular formula is C20H18N2O7. The number of nitro groups is 1. The monoisotopic (exact) mass is 398 g/mol. The molecule has 1 aromatic rings. The second kappa shape index (κ2) is 6.91. The highest BCUT2D eigenvalue weighted by Crippen LogP contribution is 2.52. The first-order chi connectivity index (χ1) is 13.8. The number of rotatable bonds is 6. The summed E-state index contributed by atoms with van der Waals surface area (Å²) in [5, 5.41) is 10.7. The second-order valence-corrected chi connectivity index (χ2v) is 7.56. The number of ether oxygens (including phenoxy) is 1. The van der Waals surface area contributed by atoms with Crippen LogP contribution in [0.15, 0.2) is 36.4 Å². The summed E-state index contributed by atoms with van der Waals surface area (Å²) in [7, 11) is 0. The van der Waals surface area contributed by atoms with Gasteiger partial charge in [0, 0.05) is 17.7 Å². The van der Waals surface area contributed by atoms with Crippen LogP contribution in [0.2, 0.25) is 0 Å². The molecule has 29 heavy (non-hydrogen) atoms. The van der Waals surface area contributed by atoms with Gasteiger partial charge in [0.25, 0.3) is 5.69 Å². The van der Waals surface area contributed by atoms with Crippen LogP contribution in [-0.4, -0.2) is 46.0 Å². The summed E-state index contributed by atoms with van der Waals surface area (Å²) in [6, 6.07) is 3.79. The molecule has 2 fully saturated rings. The molecule has 3 aliphatic rings. The van der Waals surface area contributed by atoms with Gasteiger partial charge >= 0.3 is 5.97 Å². The van der Waals surface area contributed by atoms with Gasteiger partial charge in [-0.25, -0.2) is 4.79 Å². The van der Waals surface area contributed by atoms with Gasteiger partial charge in [0.15, 0.2) is 12.4 Å². The lowest BCUT2D eigenvalue weighted by atomic mass is 9.85. The normalized spacial score (nSPS) is 27.8. The van der Waals surface area contributed by atoms with Crippen molar-refractivity contribution in [3.63, 3.8) is 0 Å². The molecule has 0 spiro atoms. The minimum Gasteiger partial charge on any atom is -0.456 e. The summed E-state index contributed by atoms with van der Waals surface area (Å²) >= 11 is 0. The fraction of sp³-hybridized carbons (Fsp3) is 0.400. The van der Waals surface area contributed by atoms with Crippen LogP contribution in [0.4, 0.5) is 5.69 Å². The Morgan fingerprint density at radius 2 is 1.69 bits per heavy atom. The first kappa shape index (κ1) is 19.0. The molecule has 1 saturated carbocycles. The number of nitrogens with zero attached hydrogens (tertiary/aromatic N) is 2. The number of nitro benzene ring substituents is 1. The van der Waals surface area contributed by atoms with E-state index in [4.69, 9.17) is 4.74 Å². The van der Waals surface area contributed by atoms with E-state index >= 15 is 0 Å². The lowest BCUT2D eigenvalue weighted by molar-refractivity contribution is -0.384. The lowest BCUT2D eigenvalue weighted by Gasteiger charge is -2.23. The maximum Gasteiger partial charge on any atom is 0.329 e. The standard InChI is InChI=1S/C20H18N2O7/c1-10(21-18(24)16-12-2-3-13(8-12)17(16)19(21)25)20(26)29-9-15(23)11-4-6-14(7-5-11)22(27)28/h2-7,10,12-13,16-17H,8-9H2,1H3/t10-,12-,13+,16+,17+/m1/s1. The first-order valence-electron chi connectivity index (χ1n) is 9.29. The van der Waals surface area contributed by atoms with Gasteiger partial charge in [-0.2, -0.15) is 0 Å². The number of ketones is 1. The highest BCUT2D eigenvalue weighted by atomic mass is 16.6. The third-order valence-electron chi connectivity index (χ3n) is 5.98. The molecule has 1 saturated heterocycles. The number of carbonyl (C=O) groups excluding carboxylic acids is 4. The molecule has 9 heteroatoms. The van der Waals surface area contributed by atoms with E-state index in [1.54, 1.807) is 0 Å². The summed E-state index contributed by atoms with van der Waals surface area (Å²) in [4.78, 5) is 61.0. The Morgan fingerprint density at radius 3 is 2.21 bits per heavy atom. The molecule has 0 N–H and O–H groups in total. The number of benzene rings is 1. The van der Waals surface area contributed by atoms with Crippen LogP contribution >= 0.6 is 0 Å². The molecular weight excluding hydrogens is 380 g/mol. The van der Waals surface area contributed by atoms with E-state index < -0.39 is 41.2 Å². The molecule has 4 rings (SSSR count). The summed E-state index contributed by atoms with van der Waals surface area (Å²) in [6.07, 6.45) is 4.72. The molecule has 150 valence electrons. The van der Waals surface area contributed by atoms with Crippen LogP contribution in [0.5, 0.6) is 0 Å². The molecule has 2 amide bonds. The predicted molar refractivity (Wildman–Crippen MR) is 97.4 cm³/mol. The number of hydrogen-bond acceptors (Lipinski definition) is 7. The number of likely N-dealkylation sites (tertiary alicyclic amines) is 1. The Balaban J connectivity index is 1.37. The summed E-state index contributed by atoms with van der Waals surface area (Å²) in [6.45, 7) is 0.821. The number of carbonyl (C=O) groups is 4. The first-order valence-corrected chi connectivity index (χ1v) is 9.29. The van der Waals surface area contributed by atoms with Crippen molar-refractivity contribution in [3.8, 4) is 0 Å². The van der Waals surface area contributed by atoms with Crippen molar-refractivity contribution < 1.29 is 28.8 Å². The van der Waals surface area contributed by atoms with Gasteiger partial charge in [0.05, 0.1) is 16.8 Å².